The fraction of sp³-hybridized carbons (Fsp3) is 0.810. The Labute approximate surface area is 164 Å². The Bertz CT molecular complexity index is 512. The van der Waals surface area contributed by atoms with Crippen molar-refractivity contribution in [2.24, 2.45) is 0 Å². The van der Waals surface area contributed by atoms with Gasteiger partial charge < -0.3 is 10.2 Å². The molecule has 0 unspecified atom stereocenters. The minimum atomic E-state index is 0.104. The molecule has 0 aromatic carbocycles. The van der Waals surface area contributed by atoms with Crippen LogP contribution in [0.25, 0.3) is 0 Å². The highest BCUT2D eigenvalue weighted by Crippen LogP contribution is 2.21. The Morgan fingerprint density at radius 1 is 1.11 bits per heavy atom. The molecule has 1 N–H and O–H groups in total. The summed E-state index contributed by atoms with van der Waals surface area (Å²) < 4.78 is 0. The summed E-state index contributed by atoms with van der Waals surface area (Å²) in [5.74, 6) is 0.334. The highest BCUT2D eigenvalue weighted by Gasteiger charge is 2.24. The number of carbonyl (C=O) groups excluding carboxylic acids is 2. The molecule has 1 aliphatic carbocycles. The van der Waals surface area contributed by atoms with E-state index in [1.165, 1.54) is 18.5 Å². The Balaban J connectivity index is 1.77. The zero-order chi connectivity index (χ0) is 19.6. The highest BCUT2D eigenvalue weighted by molar-refractivity contribution is 5.80. The van der Waals surface area contributed by atoms with Crippen LogP contribution < -0.4 is 5.32 Å². The third kappa shape index (κ3) is 7.26. The van der Waals surface area contributed by atoms with Crippen LogP contribution in [0.3, 0.4) is 0 Å². The predicted octanol–water partition coefficient (Wildman–Crippen LogP) is 2.22. The van der Waals surface area contributed by atoms with Gasteiger partial charge >= 0.3 is 0 Å². The molecule has 6 nitrogen and oxygen atoms in total. The van der Waals surface area contributed by atoms with Crippen molar-refractivity contribution in [3.63, 3.8) is 0 Å². The maximum Gasteiger partial charge on any atom is 0.240 e. The normalized spacial score (nSPS) is 20.0. The molecule has 0 aromatic rings. The molecule has 0 spiro atoms. The third-order valence-corrected chi connectivity index (χ3v) is 5.57. The fourth-order valence-corrected chi connectivity index (χ4v) is 3.73. The van der Waals surface area contributed by atoms with E-state index in [1.807, 2.05) is 11.8 Å². The summed E-state index contributed by atoms with van der Waals surface area (Å²) in [5, 5.41) is 3.02. The predicted molar refractivity (Wildman–Crippen MR) is 109 cm³/mol. The zero-order valence-electron chi connectivity index (χ0n) is 17.5. The lowest BCUT2D eigenvalue weighted by atomic mass is 10.0. The number of rotatable bonds is 9. The first-order valence-electron chi connectivity index (χ1n) is 10.8. The first-order valence-corrected chi connectivity index (χ1v) is 10.8. The molecule has 27 heavy (non-hydrogen) atoms. The number of nitrogens with zero attached hydrogens (tertiary/aromatic N) is 3. The first kappa shape index (κ1) is 21.9. The second-order valence-electron chi connectivity index (χ2n) is 7.92. The van der Waals surface area contributed by atoms with Crippen LogP contribution in [0.5, 0.6) is 0 Å². The van der Waals surface area contributed by atoms with E-state index in [4.69, 9.17) is 0 Å². The number of allylic oxidation sites excluding steroid dienone is 2. The van der Waals surface area contributed by atoms with Crippen molar-refractivity contribution in [2.45, 2.75) is 65.3 Å². The lowest BCUT2D eigenvalue weighted by Crippen LogP contribution is -2.52. The number of piperazine rings is 1. The molecule has 1 atom stereocenters. The topological polar surface area (TPSA) is 55.9 Å². The third-order valence-electron chi connectivity index (χ3n) is 5.57. The van der Waals surface area contributed by atoms with Crippen LogP contribution in [0.1, 0.15) is 59.3 Å². The monoisotopic (exact) mass is 378 g/mol. The summed E-state index contributed by atoms with van der Waals surface area (Å²) in [6.07, 6.45) is 8.76. The van der Waals surface area contributed by atoms with Crippen LogP contribution in [0.15, 0.2) is 11.8 Å². The Kier molecular flexibility index (Phi) is 9.28. The van der Waals surface area contributed by atoms with Gasteiger partial charge in [-0.25, -0.2) is 0 Å². The highest BCUT2D eigenvalue weighted by atomic mass is 16.2. The van der Waals surface area contributed by atoms with Gasteiger partial charge in [0.15, 0.2) is 0 Å². The van der Waals surface area contributed by atoms with Gasteiger partial charge in [0, 0.05) is 44.5 Å². The van der Waals surface area contributed by atoms with E-state index in [0.717, 1.165) is 58.4 Å². The van der Waals surface area contributed by atoms with Crippen molar-refractivity contribution in [1.29, 1.82) is 0 Å². The van der Waals surface area contributed by atoms with Gasteiger partial charge in [-0.1, -0.05) is 19.9 Å². The molecule has 2 aliphatic rings. The van der Waals surface area contributed by atoms with Crippen molar-refractivity contribution in [2.75, 3.05) is 45.8 Å². The molecule has 1 aliphatic heterocycles. The second-order valence-corrected chi connectivity index (χ2v) is 7.92. The van der Waals surface area contributed by atoms with E-state index >= 15 is 0 Å². The molecule has 6 heteroatoms. The minimum absolute atomic E-state index is 0.104. The van der Waals surface area contributed by atoms with Crippen LogP contribution in [0.2, 0.25) is 0 Å². The van der Waals surface area contributed by atoms with Gasteiger partial charge in [-0.3, -0.25) is 19.4 Å². The standard InChI is InChI=1S/C21H38N4O2/c1-4-11-25(19-9-7-6-8-10-19)21(27)17-24-14-12-23(13-15-24)16-20(26)22-18(3)5-2/h9,18H,4-8,10-17H2,1-3H3,(H,22,26)/t18-/m1/s1. The molecule has 0 saturated carbocycles. The van der Waals surface area contributed by atoms with E-state index in [1.54, 1.807) is 0 Å². The molecule has 1 fully saturated rings. The number of amides is 2. The van der Waals surface area contributed by atoms with E-state index in [0.29, 0.717) is 13.1 Å². The summed E-state index contributed by atoms with van der Waals surface area (Å²) >= 11 is 0. The van der Waals surface area contributed by atoms with Crippen LogP contribution in [-0.4, -0.2) is 78.4 Å². The summed E-state index contributed by atoms with van der Waals surface area (Å²) in [6, 6.07) is 0.232. The number of carbonyl (C=O) groups is 2. The summed E-state index contributed by atoms with van der Waals surface area (Å²) in [6.45, 7) is 11.4. The Morgan fingerprint density at radius 3 is 2.33 bits per heavy atom. The molecule has 154 valence electrons. The summed E-state index contributed by atoms with van der Waals surface area (Å²) in [5.41, 5.74) is 1.23. The second kappa shape index (κ2) is 11.4. The van der Waals surface area contributed by atoms with Gasteiger partial charge in [0.05, 0.1) is 13.1 Å². The van der Waals surface area contributed by atoms with E-state index < -0.39 is 0 Å². The summed E-state index contributed by atoms with van der Waals surface area (Å²) in [7, 11) is 0. The van der Waals surface area contributed by atoms with Crippen LogP contribution in [0.4, 0.5) is 0 Å². The number of hydrogen-bond acceptors (Lipinski definition) is 4. The van der Waals surface area contributed by atoms with Gasteiger partial charge in [0.2, 0.25) is 11.8 Å². The Hall–Kier alpha value is -1.40. The van der Waals surface area contributed by atoms with E-state index in [2.05, 4.69) is 35.0 Å². The first-order chi connectivity index (χ1) is 13.0. The summed E-state index contributed by atoms with van der Waals surface area (Å²) in [4.78, 5) is 31.4. The van der Waals surface area contributed by atoms with Gasteiger partial charge in [-0.15, -0.1) is 0 Å². The smallest absolute Gasteiger partial charge is 0.240 e. The van der Waals surface area contributed by atoms with Gasteiger partial charge in [0.25, 0.3) is 0 Å². The van der Waals surface area contributed by atoms with Crippen LogP contribution >= 0.6 is 0 Å². The molecule has 1 heterocycles. The molecule has 0 radical (unpaired) electrons. The number of hydrogen-bond donors (Lipinski definition) is 1. The molecular formula is C21H38N4O2. The largest absolute Gasteiger partial charge is 0.353 e. The zero-order valence-corrected chi connectivity index (χ0v) is 17.5. The molecule has 2 amide bonds. The molecule has 0 bridgehead atoms. The SMILES string of the molecule is CCCN(C(=O)CN1CCN(CC(=O)N[C@H](C)CC)CC1)C1=CCCCC1. The minimum Gasteiger partial charge on any atom is -0.353 e. The molecular weight excluding hydrogens is 340 g/mol. The van der Waals surface area contributed by atoms with Crippen molar-refractivity contribution < 1.29 is 9.59 Å². The van der Waals surface area contributed by atoms with Gasteiger partial charge in [0.1, 0.15) is 0 Å². The number of nitrogens with one attached hydrogen (secondary N) is 1. The quantitative estimate of drug-likeness (QED) is 0.668. The van der Waals surface area contributed by atoms with Crippen LogP contribution in [0, 0.1) is 0 Å². The maximum absolute atomic E-state index is 12.9. The van der Waals surface area contributed by atoms with Crippen molar-refractivity contribution in [3.05, 3.63) is 11.8 Å². The van der Waals surface area contributed by atoms with Gasteiger partial charge in [-0.05, 0) is 45.4 Å². The maximum atomic E-state index is 12.9. The molecule has 1 saturated heterocycles. The lowest BCUT2D eigenvalue weighted by Gasteiger charge is -2.36. The van der Waals surface area contributed by atoms with Gasteiger partial charge in [-0.2, -0.15) is 0 Å². The van der Waals surface area contributed by atoms with Crippen molar-refractivity contribution in [3.8, 4) is 0 Å². The van der Waals surface area contributed by atoms with E-state index in [-0.39, 0.29) is 17.9 Å². The average molecular weight is 379 g/mol. The lowest BCUT2D eigenvalue weighted by molar-refractivity contribution is -0.131. The molecule has 2 rings (SSSR count). The van der Waals surface area contributed by atoms with Crippen LogP contribution in [-0.2, 0) is 9.59 Å². The Morgan fingerprint density at radius 2 is 1.78 bits per heavy atom. The molecule has 0 aromatic heterocycles. The van der Waals surface area contributed by atoms with E-state index in [9.17, 15) is 9.59 Å². The van der Waals surface area contributed by atoms with Crippen molar-refractivity contribution >= 4 is 11.8 Å². The van der Waals surface area contributed by atoms with Crippen molar-refractivity contribution in [1.82, 2.24) is 20.0 Å². The fourth-order valence-electron chi connectivity index (χ4n) is 3.73. The average Bonchev–Trinajstić information content (AvgIpc) is 2.68.